The third kappa shape index (κ3) is 4.33. The highest BCUT2D eigenvalue weighted by Gasteiger charge is 2.14. The summed E-state index contributed by atoms with van der Waals surface area (Å²) in [5.74, 6) is 0.355. The average molecular weight is 333 g/mol. The third-order valence-corrected chi connectivity index (χ3v) is 3.63. The summed E-state index contributed by atoms with van der Waals surface area (Å²) < 4.78 is 19.4. The Labute approximate surface area is 145 Å². The van der Waals surface area contributed by atoms with Crippen molar-refractivity contribution in [3.63, 3.8) is 0 Å². The molecule has 1 aromatic heterocycles. The number of aromatic nitrogens is 1. The van der Waals surface area contributed by atoms with Crippen LogP contribution in [0.3, 0.4) is 0 Å². The Hall–Kier alpha value is -3.39. The monoisotopic (exact) mass is 333 g/mol. The van der Waals surface area contributed by atoms with Crippen molar-refractivity contribution in [2.75, 3.05) is 11.9 Å². The SMILES string of the molecule is N#Cc1cccc(NC(COc2ccccc2F)c2ccccc2)n1. The number of nitrogens with one attached hydrogen (secondary N) is 1. The van der Waals surface area contributed by atoms with E-state index >= 15 is 0 Å². The first-order chi connectivity index (χ1) is 12.3. The number of hydrogen-bond donors (Lipinski definition) is 1. The van der Waals surface area contributed by atoms with E-state index in [1.54, 1.807) is 36.4 Å². The van der Waals surface area contributed by atoms with Crippen LogP contribution in [-0.2, 0) is 0 Å². The summed E-state index contributed by atoms with van der Waals surface area (Å²) in [6, 6.07) is 22.9. The maximum Gasteiger partial charge on any atom is 0.165 e. The molecule has 1 N–H and O–H groups in total. The van der Waals surface area contributed by atoms with Crippen LogP contribution in [-0.4, -0.2) is 11.6 Å². The molecule has 0 bridgehead atoms. The van der Waals surface area contributed by atoms with Crippen LogP contribution in [0.1, 0.15) is 17.3 Å². The molecule has 3 rings (SSSR count). The van der Waals surface area contributed by atoms with Gasteiger partial charge in [0.2, 0.25) is 0 Å². The molecule has 0 fully saturated rings. The van der Waals surface area contributed by atoms with Crippen LogP contribution < -0.4 is 10.1 Å². The van der Waals surface area contributed by atoms with Gasteiger partial charge >= 0.3 is 0 Å². The zero-order valence-corrected chi connectivity index (χ0v) is 13.4. The van der Waals surface area contributed by atoms with Gasteiger partial charge in [0, 0.05) is 0 Å². The van der Waals surface area contributed by atoms with Crippen molar-refractivity contribution in [1.82, 2.24) is 4.98 Å². The lowest BCUT2D eigenvalue weighted by molar-refractivity contribution is 0.284. The van der Waals surface area contributed by atoms with E-state index in [1.807, 2.05) is 36.4 Å². The maximum atomic E-state index is 13.8. The summed E-state index contributed by atoms with van der Waals surface area (Å²) in [5.41, 5.74) is 1.30. The molecule has 0 saturated carbocycles. The van der Waals surface area contributed by atoms with E-state index in [2.05, 4.69) is 10.3 Å². The Kier molecular flexibility index (Phi) is 5.22. The van der Waals surface area contributed by atoms with Gasteiger partial charge in [-0.05, 0) is 29.8 Å². The molecule has 0 spiro atoms. The predicted octanol–water partition coefficient (Wildman–Crippen LogP) is 4.32. The van der Waals surface area contributed by atoms with E-state index in [0.717, 1.165) is 5.56 Å². The Morgan fingerprint density at radius 1 is 1.00 bits per heavy atom. The van der Waals surface area contributed by atoms with Gasteiger partial charge in [0.25, 0.3) is 0 Å². The minimum atomic E-state index is -0.404. The fourth-order valence-electron chi connectivity index (χ4n) is 2.40. The first-order valence-corrected chi connectivity index (χ1v) is 7.82. The van der Waals surface area contributed by atoms with Crippen molar-refractivity contribution in [2.24, 2.45) is 0 Å². The second-order valence-electron chi connectivity index (χ2n) is 5.37. The number of hydrogen-bond acceptors (Lipinski definition) is 4. The van der Waals surface area contributed by atoms with Gasteiger partial charge < -0.3 is 10.1 Å². The molecular weight excluding hydrogens is 317 g/mol. The van der Waals surface area contributed by atoms with E-state index in [4.69, 9.17) is 10.00 Å². The standard InChI is InChI=1S/C20H16FN3O/c21-17-10-4-5-11-19(17)25-14-18(15-7-2-1-3-8-15)24-20-12-6-9-16(13-22)23-20/h1-12,18H,14H2,(H,23,24). The summed E-state index contributed by atoms with van der Waals surface area (Å²) >= 11 is 0. The molecule has 3 aromatic rings. The maximum absolute atomic E-state index is 13.8. The molecule has 0 amide bonds. The highest BCUT2D eigenvalue weighted by Crippen LogP contribution is 2.22. The number of anilines is 1. The minimum Gasteiger partial charge on any atom is -0.488 e. The van der Waals surface area contributed by atoms with E-state index in [1.165, 1.54) is 6.07 Å². The van der Waals surface area contributed by atoms with Gasteiger partial charge in [0.05, 0.1) is 6.04 Å². The van der Waals surface area contributed by atoms with E-state index in [-0.39, 0.29) is 18.4 Å². The molecule has 25 heavy (non-hydrogen) atoms. The summed E-state index contributed by atoms with van der Waals surface area (Å²) in [5, 5.41) is 12.2. The van der Waals surface area contributed by atoms with Crippen LogP contribution in [0.5, 0.6) is 5.75 Å². The fourth-order valence-corrected chi connectivity index (χ4v) is 2.40. The number of para-hydroxylation sites is 1. The number of nitrogens with zero attached hydrogens (tertiary/aromatic N) is 2. The molecule has 1 heterocycles. The van der Waals surface area contributed by atoms with Gasteiger partial charge in [-0.25, -0.2) is 9.37 Å². The Morgan fingerprint density at radius 3 is 2.52 bits per heavy atom. The van der Waals surface area contributed by atoms with Gasteiger partial charge in [-0.1, -0.05) is 48.5 Å². The fraction of sp³-hybridized carbons (Fsp3) is 0.100. The van der Waals surface area contributed by atoms with Gasteiger partial charge in [-0.2, -0.15) is 5.26 Å². The smallest absolute Gasteiger partial charge is 0.165 e. The molecule has 4 nitrogen and oxygen atoms in total. The first-order valence-electron chi connectivity index (χ1n) is 7.82. The van der Waals surface area contributed by atoms with Gasteiger partial charge in [0.15, 0.2) is 11.6 Å². The Balaban J connectivity index is 1.80. The molecule has 0 aliphatic heterocycles. The second kappa shape index (κ2) is 7.93. The topological polar surface area (TPSA) is 57.9 Å². The number of nitriles is 1. The highest BCUT2D eigenvalue weighted by atomic mass is 19.1. The predicted molar refractivity (Wildman–Crippen MR) is 93.7 cm³/mol. The lowest BCUT2D eigenvalue weighted by Crippen LogP contribution is -2.20. The van der Waals surface area contributed by atoms with Gasteiger partial charge in [-0.15, -0.1) is 0 Å². The lowest BCUT2D eigenvalue weighted by Gasteiger charge is -2.20. The quantitative estimate of drug-likeness (QED) is 0.730. The largest absolute Gasteiger partial charge is 0.488 e. The number of benzene rings is 2. The molecule has 2 aromatic carbocycles. The minimum absolute atomic E-state index is 0.198. The van der Waals surface area contributed by atoms with Crippen molar-refractivity contribution in [2.45, 2.75) is 6.04 Å². The average Bonchev–Trinajstić information content (AvgIpc) is 2.67. The second-order valence-corrected chi connectivity index (χ2v) is 5.37. The molecule has 0 radical (unpaired) electrons. The lowest BCUT2D eigenvalue weighted by atomic mass is 10.1. The van der Waals surface area contributed by atoms with E-state index in [9.17, 15) is 4.39 Å². The van der Waals surface area contributed by atoms with E-state index in [0.29, 0.717) is 11.5 Å². The zero-order chi connectivity index (χ0) is 17.5. The first kappa shape index (κ1) is 16.5. The number of pyridine rings is 1. The van der Waals surface area contributed by atoms with Crippen LogP contribution >= 0.6 is 0 Å². The van der Waals surface area contributed by atoms with Crippen molar-refractivity contribution in [3.05, 3.63) is 89.9 Å². The molecule has 5 heteroatoms. The zero-order valence-electron chi connectivity index (χ0n) is 13.4. The molecule has 0 aliphatic rings. The van der Waals surface area contributed by atoms with Crippen LogP contribution in [0.2, 0.25) is 0 Å². The normalized spacial score (nSPS) is 11.4. The van der Waals surface area contributed by atoms with E-state index < -0.39 is 5.82 Å². The molecule has 124 valence electrons. The summed E-state index contributed by atoms with van der Waals surface area (Å²) in [6.07, 6.45) is 0. The molecule has 1 atom stereocenters. The Morgan fingerprint density at radius 2 is 1.76 bits per heavy atom. The van der Waals surface area contributed by atoms with Crippen LogP contribution in [0.4, 0.5) is 10.2 Å². The number of halogens is 1. The van der Waals surface area contributed by atoms with Crippen LogP contribution in [0, 0.1) is 17.1 Å². The van der Waals surface area contributed by atoms with Gasteiger partial charge in [0.1, 0.15) is 24.2 Å². The number of ether oxygens (including phenoxy) is 1. The molecular formula is C20H16FN3O. The highest BCUT2D eigenvalue weighted by molar-refractivity contribution is 5.41. The van der Waals surface area contributed by atoms with Crippen molar-refractivity contribution < 1.29 is 9.13 Å². The van der Waals surface area contributed by atoms with Crippen molar-refractivity contribution >= 4 is 5.82 Å². The summed E-state index contributed by atoms with van der Waals surface area (Å²) in [6.45, 7) is 0.212. The Bertz CT molecular complexity index is 877. The third-order valence-electron chi connectivity index (χ3n) is 3.63. The van der Waals surface area contributed by atoms with Crippen LogP contribution in [0.15, 0.2) is 72.8 Å². The summed E-state index contributed by atoms with van der Waals surface area (Å²) in [7, 11) is 0. The van der Waals surface area contributed by atoms with Crippen molar-refractivity contribution in [1.29, 1.82) is 5.26 Å². The molecule has 1 unspecified atom stereocenters. The number of rotatable bonds is 6. The van der Waals surface area contributed by atoms with Crippen molar-refractivity contribution in [3.8, 4) is 11.8 Å². The molecule has 0 aliphatic carbocycles. The van der Waals surface area contributed by atoms with Crippen LogP contribution in [0.25, 0.3) is 0 Å². The van der Waals surface area contributed by atoms with Gasteiger partial charge in [-0.3, -0.25) is 0 Å². The summed E-state index contributed by atoms with van der Waals surface area (Å²) in [4.78, 5) is 4.23. The molecule has 0 saturated heterocycles.